The van der Waals surface area contributed by atoms with Crippen molar-refractivity contribution in [2.75, 3.05) is 39.8 Å². The largest absolute Gasteiger partial charge is 0.369 e. The van der Waals surface area contributed by atoms with E-state index < -0.39 is 0 Å². The number of likely N-dealkylation sites (N-methyl/N-ethyl adjacent to an activating group) is 1. The first-order valence-electron chi connectivity index (χ1n) is 7.92. The van der Waals surface area contributed by atoms with Gasteiger partial charge in [-0.3, -0.25) is 14.5 Å². The lowest BCUT2D eigenvalue weighted by molar-refractivity contribution is -0.141. The van der Waals surface area contributed by atoms with Crippen LogP contribution in [0.15, 0.2) is 0 Å². The molecule has 3 atom stereocenters. The van der Waals surface area contributed by atoms with Gasteiger partial charge < -0.3 is 15.5 Å². The van der Waals surface area contributed by atoms with Crippen LogP contribution >= 0.6 is 0 Å². The van der Waals surface area contributed by atoms with Gasteiger partial charge in [-0.05, 0) is 33.7 Å². The van der Waals surface area contributed by atoms with Gasteiger partial charge >= 0.3 is 0 Å². The summed E-state index contributed by atoms with van der Waals surface area (Å²) in [4.78, 5) is 30.5. The number of rotatable bonds is 3. The van der Waals surface area contributed by atoms with Crippen molar-refractivity contribution < 1.29 is 9.59 Å². The summed E-state index contributed by atoms with van der Waals surface area (Å²) < 4.78 is 0. The molecule has 2 amide bonds. The van der Waals surface area contributed by atoms with Gasteiger partial charge in [0.2, 0.25) is 11.8 Å². The van der Waals surface area contributed by atoms with E-state index in [-0.39, 0.29) is 23.8 Å². The van der Waals surface area contributed by atoms with Crippen LogP contribution in [0.25, 0.3) is 0 Å². The third kappa shape index (κ3) is 3.74. The second-order valence-electron chi connectivity index (χ2n) is 6.55. The Balaban J connectivity index is 1.97. The Labute approximate surface area is 127 Å². The number of likely N-dealkylation sites (tertiary alicyclic amines) is 1. The summed E-state index contributed by atoms with van der Waals surface area (Å²) in [6.45, 7) is 8.28. The average Bonchev–Trinajstić information content (AvgIpc) is 2.46. The minimum absolute atomic E-state index is 0.125. The van der Waals surface area contributed by atoms with Crippen LogP contribution in [0.1, 0.15) is 26.7 Å². The van der Waals surface area contributed by atoms with E-state index in [0.29, 0.717) is 12.6 Å². The third-order valence-electron chi connectivity index (χ3n) is 4.87. The highest BCUT2D eigenvalue weighted by atomic mass is 16.2. The van der Waals surface area contributed by atoms with Gasteiger partial charge in [-0.15, -0.1) is 0 Å². The number of hydrogen-bond donors (Lipinski definition) is 1. The quantitative estimate of drug-likeness (QED) is 0.779. The number of nitrogens with zero attached hydrogens (tertiary/aromatic N) is 3. The van der Waals surface area contributed by atoms with E-state index >= 15 is 0 Å². The van der Waals surface area contributed by atoms with Crippen LogP contribution in [0.5, 0.6) is 0 Å². The molecule has 0 aromatic heterocycles. The zero-order valence-electron chi connectivity index (χ0n) is 13.4. The Kier molecular flexibility index (Phi) is 5.22. The maximum atomic E-state index is 12.7. The number of piperazine rings is 1. The molecule has 2 aliphatic heterocycles. The third-order valence-corrected chi connectivity index (χ3v) is 4.87. The summed E-state index contributed by atoms with van der Waals surface area (Å²) in [6.07, 6.45) is 1.67. The summed E-state index contributed by atoms with van der Waals surface area (Å²) in [5.41, 5.74) is 5.39. The Morgan fingerprint density at radius 2 is 1.90 bits per heavy atom. The van der Waals surface area contributed by atoms with Gasteiger partial charge in [0.15, 0.2) is 0 Å². The monoisotopic (exact) mass is 296 g/mol. The Hall–Kier alpha value is -1.14. The van der Waals surface area contributed by atoms with Crippen molar-refractivity contribution in [3.63, 3.8) is 0 Å². The fraction of sp³-hybridized carbons (Fsp3) is 0.867. The molecule has 2 heterocycles. The van der Waals surface area contributed by atoms with Crippen molar-refractivity contribution in [3.05, 3.63) is 0 Å². The second kappa shape index (κ2) is 6.75. The highest BCUT2D eigenvalue weighted by Crippen LogP contribution is 2.19. The normalized spacial score (nSPS) is 30.1. The maximum Gasteiger partial charge on any atom is 0.239 e. The summed E-state index contributed by atoms with van der Waals surface area (Å²) >= 11 is 0. The molecule has 2 rings (SSSR count). The van der Waals surface area contributed by atoms with Crippen molar-refractivity contribution in [1.82, 2.24) is 14.7 Å². The first-order valence-corrected chi connectivity index (χ1v) is 7.92. The number of primary amides is 1. The fourth-order valence-corrected chi connectivity index (χ4v) is 3.54. The van der Waals surface area contributed by atoms with Gasteiger partial charge in [0.1, 0.15) is 0 Å². The Bertz CT molecular complexity index is 401. The molecular formula is C15H28N4O2. The van der Waals surface area contributed by atoms with E-state index in [9.17, 15) is 9.59 Å². The van der Waals surface area contributed by atoms with Crippen molar-refractivity contribution in [3.8, 4) is 0 Å². The molecule has 0 aromatic rings. The smallest absolute Gasteiger partial charge is 0.239 e. The molecule has 0 aliphatic carbocycles. The van der Waals surface area contributed by atoms with Crippen LogP contribution in [0.3, 0.4) is 0 Å². The summed E-state index contributed by atoms with van der Waals surface area (Å²) in [6, 6.07) is 0.250. The first-order chi connectivity index (χ1) is 9.90. The van der Waals surface area contributed by atoms with E-state index in [1.807, 2.05) is 11.8 Å². The molecular weight excluding hydrogens is 268 g/mol. The molecule has 0 radical (unpaired) electrons. The fourth-order valence-electron chi connectivity index (χ4n) is 3.54. The van der Waals surface area contributed by atoms with Gasteiger partial charge in [0, 0.05) is 38.8 Å². The van der Waals surface area contributed by atoms with E-state index in [1.165, 1.54) is 0 Å². The van der Waals surface area contributed by atoms with Gasteiger partial charge in [-0.2, -0.15) is 0 Å². The van der Waals surface area contributed by atoms with Crippen LogP contribution in [0.2, 0.25) is 0 Å². The lowest BCUT2D eigenvalue weighted by Crippen LogP contribution is -2.58. The number of amides is 2. The van der Waals surface area contributed by atoms with Crippen LogP contribution < -0.4 is 5.73 Å². The minimum atomic E-state index is -0.284. The molecule has 6 heteroatoms. The molecule has 2 N–H and O–H groups in total. The van der Waals surface area contributed by atoms with E-state index in [4.69, 9.17) is 5.73 Å². The van der Waals surface area contributed by atoms with Crippen LogP contribution in [-0.4, -0.2) is 78.4 Å². The summed E-state index contributed by atoms with van der Waals surface area (Å²) in [5.74, 6) is -0.328. The molecule has 2 saturated heterocycles. The molecule has 21 heavy (non-hydrogen) atoms. The highest BCUT2D eigenvalue weighted by molar-refractivity contribution is 5.83. The van der Waals surface area contributed by atoms with Gasteiger partial charge in [-0.25, -0.2) is 0 Å². The van der Waals surface area contributed by atoms with Crippen molar-refractivity contribution in [2.45, 2.75) is 38.8 Å². The van der Waals surface area contributed by atoms with Crippen molar-refractivity contribution in [2.24, 2.45) is 11.7 Å². The number of nitrogens with two attached hydrogens (primary N) is 1. The predicted molar refractivity (Wildman–Crippen MR) is 81.6 cm³/mol. The second-order valence-corrected chi connectivity index (χ2v) is 6.55. The molecule has 0 spiro atoms. The van der Waals surface area contributed by atoms with Crippen molar-refractivity contribution in [1.29, 1.82) is 0 Å². The van der Waals surface area contributed by atoms with Crippen LogP contribution in [-0.2, 0) is 9.59 Å². The Morgan fingerprint density at radius 1 is 1.19 bits per heavy atom. The van der Waals surface area contributed by atoms with Crippen LogP contribution in [0, 0.1) is 5.92 Å². The molecule has 0 unspecified atom stereocenters. The molecule has 120 valence electrons. The van der Waals surface area contributed by atoms with Crippen molar-refractivity contribution >= 4 is 11.8 Å². The lowest BCUT2D eigenvalue weighted by atomic mass is 9.96. The molecule has 2 aliphatic rings. The molecule has 0 aromatic carbocycles. The zero-order chi connectivity index (χ0) is 15.6. The van der Waals surface area contributed by atoms with Gasteiger partial charge in [0.25, 0.3) is 0 Å². The predicted octanol–water partition coefficient (Wildman–Crippen LogP) is -0.265. The van der Waals surface area contributed by atoms with E-state index in [0.717, 1.165) is 39.0 Å². The average molecular weight is 296 g/mol. The summed E-state index contributed by atoms with van der Waals surface area (Å²) in [7, 11) is 2.11. The van der Waals surface area contributed by atoms with E-state index in [1.54, 1.807) is 0 Å². The van der Waals surface area contributed by atoms with E-state index in [2.05, 4.69) is 23.8 Å². The topological polar surface area (TPSA) is 69.9 Å². The standard InChI is InChI=1S/C15H28N4O2/c1-11-9-17(3)7-8-19(11)12(2)15(21)18-6-4-5-13(10-18)14(16)20/h11-13H,4-10H2,1-3H3,(H2,16,20)/t11-,12+,13+/m1/s1. The molecule has 2 fully saturated rings. The van der Waals surface area contributed by atoms with Gasteiger partial charge in [0.05, 0.1) is 12.0 Å². The summed E-state index contributed by atoms with van der Waals surface area (Å²) in [5, 5.41) is 0. The number of carbonyl (C=O) groups is 2. The minimum Gasteiger partial charge on any atom is -0.369 e. The SMILES string of the molecule is C[C@@H]1CN(C)CCN1[C@@H](C)C(=O)N1CCC[C@H](C(N)=O)C1. The van der Waals surface area contributed by atoms with Gasteiger partial charge in [-0.1, -0.05) is 0 Å². The number of hydrogen-bond acceptors (Lipinski definition) is 4. The maximum absolute atomic E-state index is 12.7. The molecule has 0 saturated carbocycles. The molecule has 6 nitrogen and oxygen atoms in total. The van der Waals surface area contributed by atoms with Crippen LogP contribution in [0.4, 0.5) is 0 Å². The zero-order valence-corrected chi connectivity index (χ0v) is 13.4. The Morgan fingerprint density at radius 3 is 2.52 bits per heavy atom. The highest BCUT2D eigenvalue weighted by Gasteiger charge is 2.34. The number of piperidine rings is 1. The molecule has 0 bridgehead atoms. The number of carbonyl (C=O) groups excluding carboxylic acids is 2. The lowest BCUT2D eigenvalue weighted by Gasteiger charge is -2.43. The first kappa shape index (κ1) is 16.2.